The van der Waals surface area contributed by atoms with Crippen molar-refractivity contribution >= 4 is 22.6 Å². The maximum absolute atomic E-state index is 11.0. The number of hydroxylamine groups is 1. The van der Waals surface area contributed by atoms with E-state index in [2.05, 4.69) is 53.8 Å². The van der Waals surface area contributed by atoms with Crippen molar-refractivity contribution in [1.29, 1.82) is 0 Å². The Morgan fingerprint density at radius 3 is 2.46 bits per heavy atom. The number of amides is 1. The normalized spacial score (nSPS) is 11.7. The first-order chi connectivity index (χ1) is 12.7. The Morgan fingerprint density at radius 1 is 1.08 bits per heavy atom. The summed E-state index contributed by atoms with van der Waals surface area (Å²) in [5, 5.41) is 11.9. The molecule has 0 bridgehead atoms. The van der Waals surface area contributed by atoms with Crippen molar-refractivity contribution in [3.63, 3.8) is 0 Å². The van der Waals surface area contributed by atoms with Crippen molar-refractivity contribution in [2.75, 3.05) is 12.8 Å². The van der Waals surface area contributed by atoms with Crippen molar-refractivity contribution < 1.29 is 10.0 Å². The number of thioether (sulfide) groups is 1. The first kappa shape index (κ1) is 20.0. The Kier molecular flexibility index (Phi) is 8.69. The Bertz CT molecular complexity index is 740. The van der Waals surface area contributed by atoms with Crippen LogP contribution in [0.2, 0.25) is 0 Å². The average Bonchev–Trinajstić information content (AvgIpc) is 2.70. The van der Waals surface area contributed by atoms with Gasteiger partial charge < -0.3 is 5.32 Å². The van der Waals surface area contributed by atoms with Crippen LogP contribution in [0.5, 0.6) is 0 Å². The van der Waals surface area contributed by atoms with Gasteiger partial charge in [-0.25, -0.2) is 5.48 Å². The van der Waals surface area contributed by atoms with Crippen molar-refractivity contribution in [2.24, 2.45) is 0 Å². The number of nitrogens with one attached hydrogen (secondary N) is 2. The van der Waals surface area contributed by atoms with Crippen molar-refractivity contribution in [2.45, 2.75) is 13.0 Å². The van der Waals surface area contributed by atoms with Gasteiger partial charge in [0.05, 0.1) is 0 Å². The number of hydrogen-bond donors (Lipinski definition) is 3. The maximum atomic E-state index is 11.0. The highest BCUT2D eigenvalue weighted by atomic mass is 32.2. The van der Waals surface area contributed by atoms with Gasteiger partial charge in [-0.15, -0.1) is 11.8 Å². The zero-order chi connectivity index (χ0) is 18.6. The fraction of sp³-hybridized carbons (Fsp3) is 0.190. The van der Waals surface area contributed by atoms with Crippen molar-refractivity contribution in [1.82, 2.24) is 10.8 Å². The first-order valence-electron chi connectivity index (χ1n) is 8.43. The Balaban J connectivity index is 1.85. The number of hydrogen-bond acceptors (Lipinski definition) is 4. The molecule has 0 aliphatic carbocycles. The molecular weight excluding hydrogens is 344 g/mol. The molecule has 5 heteroatoms. The standard InChI is InChI=1S/C21H24N2O2S/c1-26-20(8-5-9-21(24)23-25)19-12-10-18(11-13-19)16-22-15-14-17-6-3-2-4-7-17/h2-13,22,25H,14-16H2,1H3,(H,23,24)/b9-5+,20-8-. The van der Waals surface area contributed by atoms with Gasteiger partial charge >= 0.3 is 0 Å². The molecule has 3 N–H and O–H groups in total. The molecule has 0 atom stereocenters. The summed E-state index contributed by atoms with van der Waals surface area (Å²) in [6.07, 6.45) is 7.77. The molecule has 0 spiro atoms. The number of rotatable bonds is 9. The highest BCUT2D eigenvalue weighted by Gasteiger charge is 2.00. The molecule has 0 aliphatic rings. The first-order valence-corrected chi connectivity index (χ1v) is 9.66. The molecule has 0 radical (unpaired) electrons. The van der Waals surface area contributed by atoms with Crippen LogP contribution in [0, 0.1) is 0 Å². The largest absolute Gasteiger partial charge is 0.312 e. The average molecular weight is 369 g/mol. The molecule has 0 aromatic heterocycles. The van der Waals surface area contributed by atoms with Gasteiger partial charge in [-0.2, -0.15) is 0 Å². The summed E-state index contributed by atoms with van der Waals surface area (Å²) in [6.45, 7) is 1.78. The second-order valence-corrected chi connectivity index (χ2v) is 6.53. The lowest BCUT2D eigenvalue weighted by atomic mass is 10.1. The third kappa shape index (κ3) is 6.88. The fourth-order valence-electron chi connectivity index (χ4n) is 2.44. The van der Waals surface area contributed by atoms with E-state index in [0.29, 0.717) is 0 Å². The predicted molar refractivity (Wildman–Crippen MR) is 109 cm³/mol. The van der Waals surface area contributed by atoms with Crippen LogP contribution < -0.4 is 10.8 Å². The van der Waals surface area contributed by atoms with E-state index < -0.39 is 5.91 Å². The second kappa shape index (κ2) is 11.3. The summed E-state index contributed by atoms with van der Waals surface area (Å²) < 4.78 is 0. The second-order valence-electron chi connectivity index (χ2n) is 5.68. The van der Waals surface area contributed by atoms with Crippen molar-refractivity contribution in [3.8, 4) is 0 Å². The minimum Gasteiger partial charge on any atom is -0.312 e. The minimum atomic E-state index is -0.543. The van der Waals surface area contributed by atoms with Crippen LogP contribution in [0.4, 0.5) is 0 Å². The highest BCUT2D eigenvalue weighted by Crippen LogP contribution is 2.25. The lowest BCUT2D eigenvalue weighted by molar-refractivity contribution is -0.124. The molecule has 2 rings (SSSR count). The molecule has 0 fully saturated rings. The molecule has 136 valence electrons. The van der Waals surface area contributed by atoms with Gasteiger partial charge in [0.2, 0.25) is 0 Å². The van der Waals surface area contributed by atoms with Crippen LogP contribution in [0.25, 0.3) is 4.91 Å². The third-order valence-corrected chi connectivity index (χ3v) is 4.64. The predicted octanol–water partition coefficient (Wildman–Crippen LogP) is 3.78. The number of allylic oxidation sites excluding steroid dienone is 2. The molecule has 0 unspecified atom stereocenters. The molecule has 0 saturated heterocycles. The summed E-state index contributed by atoms with van der Waals surface area (Å²) in [5.41, 5.74) is 5.24. The summed E-state index contributed by atoms with van der Waals surface area (Å²) in [4.78, 5) is 12.0. The molecule has 0 heterocycles. The van der Waals surface area contributed by atoms with E-state index >= 15 is 0 Å². The molecule has 26 heavy (non-hydrogen) atoms. The molecule has 0 saturated carbocycles. The van der Waals surface area contributed by atoms with Crippen LogP contribution in [0.3, 0.4) is 0 Å². The molecular formula is C21H24N2O2S. The summed E-state index contributed by atoms with van der Waals surface area (Å²) in [5.74, 6) is -0.543. The molecule has 1 amide bonds. The Labute approximate surface area is 159 Å². The Morgan fingerprint density at radius 2 is 1.81 bits per heavy atom. The van der Waals surface area contributed by atoms with E-state index in [1.54, 1.807) is 23.3 Å². The molecule has 4 nitrogen and oxygen atoms in total. The smallest absolute Gasteiger partial charge is 0.267 e. The van der Waals surface area contributed by atoms with Crippen LogP contribution in [0.1, 0.15) is 16.7 Å². The lowest BCUT2D eigenvalue weighted by Crippen LogP contribution is -2.16. The van der Waals surface area contributed by atoms with Crippen LogP contribution >= 0.6 is 11.8 Å². The SMILES string of the molecule is CS/C(=C\C=C\C(=O)NO)c1ccc(CNCCc2ccccc2)cc1. The van der Waals surface area contributed by atoms with Gasteiger partial charge in [0.15, 0.2) is 0 Å². The van der Waals surface area contributed by atoms with Crippen molar-refractivity contribution in [3.05, 3.63) is 89.5 Å². The van der Waals surface area contributed by atoms with Crippen LogP contribution in [0.15, 0.2) is 72.8 Å². The van der Waals surface area contributed by atoms with Gasteiger partial charge in [0, 0.05) is 17.5 Å². The summed E-state index contributed by atoms with van der Waals surface area (Å²) in [7, 11) is 0. The zero-order valence-corrected chi connectivity index (χ0v) is 15.6. The maximum Gasteiger partial charge on any atom is 0.267 e. The number of benzene rings is 2. The summed E-state index contributed by atoms with van der Waals surface area (Å²) in [6, 6.07) is 18.8. The third-order valence-electron chi connectivity index (χ3n) is 3.83. The van der Waals surface area contributed by atoms with E-state index in [9.17, 15) is 4.79 Å². The van der Waals surface area contributed by atoms with Gasteiger partial charge in [-0.1, -0.05) is 60.7 Å². The quantitative estimate of drug-likeness (QED) is 0.207. The molecule has 2 aromatic rings. The monoisotopic (exact) mass is 368 g/mol. The van der Waals surface area contributed by atoms with Gasteiger partial charge in [0.1, 0.15) is 0 Å². The fourth-order valence-corrected chi connectivity index (χ4v) is 3.03. The number of carbonyl (C=O) groups is 1. The van der Waals surface area contributed by atoms with Gasteiger partial charge in [-0.3, -0.25) is 10.0 Å². The summed E-state index contributed by atoms with van der Waals surface area (Å²) >= 11 is 1.61. The van der Waals surface area contributed by atoms with Gasteiger partial charge in [0.25, 0.3) is 5.91 Å². The van der Waals surface area contributed by atoms with E-state index in [1.807, 2.05) is 18.4 Å². The van der Waals surface area contributed by atoms with Crippen LogP contribution in [-0.2, 0) is 17.8 Å². The highest BCUT2D eigenvalue weighted by molar-refractivity contribution is 8.07. The molecule has 0 aliphatic heterocycles. The van der Waals surface area contributed by atoms with Crippen LogP contribution in [-0.4, -0.2) is 23.9 Å². The Hall–Kier alpha value is -2.34. The van der Waals surface area contributed by atoms with E-state index in [-0.39, 0.29) is 0 Å². The topological polar surface area (TPSA) is 61.4 Å². The number of carbonyl (C=O) groups excluding carboxylic acids is 1. The lowest BCUT2D eigenvalue weighted by Gasteiger charge is -2.08. The molecule has 2 aromatic carbocycles. The zero-order valence-electron chi connectivity index (χ0n) is 14.8. The van der Waals surface area contributed by atoms with E-state index in [4.69, 9.17) is 5.21 Å². The minimum absolute atomic E-state index is 0.543. The van der Waals surface area contributed by atoms with Gasteiger partial charge in [-0.05, 0) is 42.0 Å². The van der Waals surface area contributed by atoms with E-state index in [0.717, 1.165) is 30.0 Å². The van der Waals surface area contributed by atoms with E-state index in [1.165, 1.54) is 17.2 Å².